The molecule has 0 heterocycles. The Morgan fingerprint density at radius 2 is 2.00 bits per heavy atom. The molecule has 15 heavy (non-hydrogen) atoms. The number of hydrogen-bond acceptors (Lipinski definition) is 1. The summed E-state index contributed by atoms with van der Waals surface area (Å²) in [4.78, 5) is 10.9. The Balaban J connectivity index is 2.89. The van der Waals surface area contributed by atoms with Crippen LogP contribution in [0, 0.1) is 12.7 Å². The van der Waals surface area contributed by atoms with Crippen LogP contribution >= 0.6 is 0 Å². The van der Waals surface area contributed by atoms with Gasteiger partial charge in [-0.25, -0.2) is 9.18 Å². The van der Waals surface area contributed by atoms with Gasteiger partial charge < -0.3 is 5.11 Å². The molecule has 0 aliphatic rings. The third-order valence-corrected chi connectivity index (χ3v) is 2.48. The van der Waals surface area contributed by atoms with E-state index in [0.29, 0.717) is 10.9 Å². The van der Waals surface area contributed by atoms with Gasteiger partial charge in [-0.3, -0.25) is 0 Å². The Labute approximate surface area is 86.0 Å². The molecule has 0 unspecified atom stereocenters. The Morgan fingerprint density at radius 3 is 2.67 bits per heavy atom. The van der Waals surface area contributed by atoms with Crippen LogP contribution < -0.4 is 0 Å². The minimum absolute atomic E-state index is 0.146. The third kappa shape index (κ3) is 1.46. The summed E-state index contributed by atoms with van der Waals surface area (Å²) in [6.45, 7) is 1.62. The lowest BCUT2D eigenvalue weighted by Gasteiger charge is -2.06. The highest BCUT2D eigenvalue weighted by Gasteiger charge is 2.11. The van der Waals surface area contributed by atoms with Crippen LogP contribution in [-0.2, 0) is 0 Å². The monoisotopic (exact) mass is 204 g/mol. The zero-order chi connectivity index (χ0) is 11.0. The highest BCUT2D eigenvalue weighted by atomic mass is 19.1. The molecule has 0 radical (unpaired) electrons. The van der Waals surface area contributed by atoms with Crippen LogP contribution in [0.5, 0.6) is 0 Å². The van der Waals surface area contributed by atoms with Crippen LogP contribution in [0.3, 0.4) is 0 Å². The van der Waals surface area contributed by atoms with Gasteiger partial charge in [0.1, 0.15) is 5.82 Å². The number of hydrogen-bond donors (Lipinski definition) is 1. The van der Waals surface area contributed by atoms with E-state index in [0.717, 1.165) is 5.39 Å². The summed E-state index contributed by atoms with van der Waals surface area (Å²) in [5.74, 6) is -1.41. The van der Waals surface area contributed by atoms with Crippen molar-refractivity contribution in [2.24, 2.45) is 0 Å². The number of fused-ring (bicyclic) bond motifs is 1. The minimum Gasteiger partial charge on any atom is -0.478 e. The molecule has 0 fully saturated rings. The quantitative estimate of drug-likeness (QED) is 0.775. The van der Waals surface area contributed by atoms with Crippen molar-refractivity contribution in [3.8, 4) is 0 Å². The first-order chi connectivity index (χ1) is 7.11. The number of carboxylic acid groups (broad SMARTS) is 1. The lowest BCUT2D eigenvalue weighted by molar-refractivity contribution is 0.0696. The molecule has 0 saturated heterocycles. The van der Waals surface area contributed by atoms with Crippen LogP contribution in [0.1, 0.15) is 15.9 Å². The number of carbonyl (C=O) groups is 1. The van der Waals surface area contributed by atoms with Gasteiger partial charge in [0.2, 0.25) is 0 Å². The van der Waals surface area contributed by atoms with Crippen molar-refractivity contribution >= 4 is 16.7 Å². The number of aryl methyl sites for hydroxylation is 1. The Bertz CT molecular complexity index is 547. The van der Waals surface area contributed by atoms with Gasteiger partial charge in [0.25, 0.3) is 0 Å². The van der Waals surface area contributed by atoms with Crippen LogP contribution in [0.2, 0.25) is 0 Å². The molecule has 0 aliphatic heterocycles. The molecule has 2 rings (SSSR count). The van der Waals surface area contributed by atoms with E-state index in [1.54, 1.807) is 25.1 Å². The van der Waals surface area contributed by atoms with Gasteiger partial charge >= 0.3 is 5.97 Å². The number of carboxylic acids is 1. The average molecular weight is 204 g/mol. The lowest BCUT2D eigenvalue weighted by Crippen LogP contribution is -2.00. The van der Waals surface area contributed by atoms with E-state index >= 15 is 0 Å². The number of aromatic carboxylic acids is 1. The van der Waals surface area contributed by atoms with Crippen LogP contribution in [0.15, 0.2) is 30.3 Å². The zero-order valence-corrected chi connectivity index (χ0v) is 8.12. The second kappa shape index (κ2) is 3.35. The fourth-order valence-electron chi connectivity index (χ4n) is 1.74. The number of rotatable bonds is 1. The van der Waals surface area contributed by atoms with E-state index < -0.39 is 5.97 Å². The van der Waals surface area contributed by atoms with Gasteiger partial charge in [-0.05, 0) is 30.0 Å². The maximum atomic E-state index is 13.5. The molecule has 0 aliphatic carbocycles. The lowest BCUT2D eigenvalue weighted by atomic mass is 10.00. The summed E-state index contributed by atoms with van der Waals surface area (Å²) in [7, 11) is 0. The summed E-state index contributed by atoms with van der Waals surface area (Å²) < 4.78 is 13.5. The van der Waals surface area contributed by atoms with Gasteiger partial charge in [0, 0.05) is 5.39 Å². The van der Waals surface area contributed by atoms with Crippen molar-refractivity contribution < 1.29 is 14.3 Å². The maximum absolute atomic E-state index is 13.5. The second-order valence-corrected chi connectivity index (χ2v) is 3.38. The predicted octanol–water partition coefficient (Wildman–Crippen LogP) is 2.99. The molecule has 1 N–H and O–H groups in total. The molecule has 3 heteroatoms. The topological polar surface area (TPSA) is 37.3 Å². The fourth-order valence-corrected chi connectivity index (χ4v) is 1.74. The third-order valence-electron chi connectivity index (χ3n) is 2.48. The first kappa shape index (κ1) is 9.65. The molecule has 2 nitrogen and oxygen atoms in total. The molecule has 0 spiro atoms. The molecule has 0 atom stereocenters. The number of benzene rings is 2. The molecular formula is C12H9FO2. The summed E-state index contributed by atoms with van der Waals surface area (Å²) in [5, 5.41) is 10.00. The van der Waals surface area contributed by atoms with Gasteiger partial charge in [-0.1, -0.05) is 18.2 Å². The first-order valence-corrected chi connectivity index (χ1v) is 4.52. The highest BCUT2D eigenvalue weighted by molar-refractivity contribution is 5.97. The minimum atomic E-state index is -1.03. The first-order valence-electron chi connectivity index (χ1n) is 4.52. The van der Waals surface area contributed by atoms with Crippen molar-refractivity contribution in [1.29, 1.82) is 0 Å². The fraction of sp³-hybridized carbons (Fsp3) is 0.0833. The molecule has 2 aromatic rings. The van der Waals surface area contributed by atoms with E-state index in [1.807, 2.05) is 0 Å². The molecule has 0 saturated carbocycles. The Kier molecular flexibility index (Phi) is 2.15. The summed E-state index contributed by atoms with van der Waals surface area (Å²) >= 11 is 0. The van der Waals surface area contributed by atoms with E-state index in [2.05, 4.69) is 0 Å². The summed E-state index contributed by atoms with van der Waals surface area (Å²) in [6.07, 6.45) is 0. The second-order valence-electron chi connectivity index (χ2n) is 3.38. The molecule has 0 amide bonds. The highest BCUT2D eigenvalue weighted by Crippen LogP contribution is 2.24. The normalized spacial score (nSPS) is 10.5. The molecule has 76 valence electrons. The molecular weight excluding hydrogens is 195 g/mol. The smallest absolute Gasteiger partial charge is 0.335 e. The van der Waals surface area contributed by atoms with Crippen molar-refractivity contribution in [2.45, 2.75) is 6.92 Å². The van der Waals surface area contributed by atoms with Gasteiger partial charge in [0.05, 0.1) is 5.56 Å². The van der Waals surface area contributed by atoms with Crippen LogP contribution in [0.4, 0.5) is 4.39 Å². The number of halogens is 1. The van der Waals surface area contributed by atoms with Crippen molar-refractivity contribution in [2.75, 3.05) is 0 Å². The standard InChI is InChI=1S/C12H9FO2/c1-7-9(12(14)15)6-5-8-3-2-4-10(13)11(7)8/h2-6H,1H3,(H,14,15). The average Bonchev–Trinajstić information content (AvgIpc) is 2.17. The van der Waals surface area contributed by atoms with Gasteiger partial charge in [0.15, 0.2) is 0 Å². The van der Waals surface area contributed by atoms with Crippen LogP contribution in [0.25, 0.3) is 10.8 Å². The van der Waals surface area contributed by atoms with E-state index in [1.165, 1.54) is 12.1 Å². The zero-order valence-electron chi connectivity index (χ0n) is 8.12. The van der Waals surface area contributed by atoms with Gasteiger partial charge in [-0.15, -0.1) is 0 Å². The SMILES string of the molecule is Cc1c(C(=O)O)ccc2cccc(F)c12. The summed E-state index contributed by atoms with van der Waals surface area (Å²) in [6, 6.07) is 7.82. The van der Waals surface area contributed by atoms with E-state index in [4.69, 9.17) is 5.11 Å². The van der Waals surface area contributed by atoms with E-state index in [9.17, 15) is 9.18 Å². The predicted molar refractivity (Wildman–Crippen MR) is 55.6 cm³/mol. The van der Waals surface area contributed by atoms with Crippen molar-refractivity contribution in [3.63, 3.8) is 0 Å². The molecule has 0 bridgehead atoms. The van der Waals surface area contributed by atoms with E-state index in [-0.39, 0.29) is 11.4 Å². The van der Waals surface area contributed by atoms with Gasteiger partial charge in [-0.2, -0.15) is 0 Å². The van der Waals surface area contributed by atoms with Crippen molar-refractivity contribution in [3.05, 3.63) is 47.3 Å². The summed E-state index contributed by atoms with van der Waals surface area (Å²) in [5.41, 5.74) is 0.616. The Morgan fingerprint density at radius 1 is 1.27 bits per heavy atom. The molecule has 0 aromatic heterocycles. The Hall–Kier alpha value is -1.90. The van der Waals surface area contributed by atoms with Crippen molar-refractivity contribution in [1.82, 2.24) is 0 Å². The van der Waals surface area contributed by atoms with Crippen LogP contribution in [-0.4, -0.2) is 11.1 Å². The molecule has 2 aromatic carbocycles. The maximum Gasteiger partial charge on any atom is 0.335 e. The largest absolute Gasteiger partial charge is 0.478 e.